The van der Waals surface area contributed by atoms with Gasteiger partial charge in [-0.3, -0.25) is 10.1 Å². The lowest BCUT2D eigenvalue weighted by molar-refractivity contribution is -0.384. The van der Waals surface area contributed by atoms with Gasteiger partial charge in [0.15, 0.2) is 0 Å². The number of non-ortho nitro benzene ring substituents is 1. The molecule has 0 bridgehead atoms. The molecule has 106 valence electrons. The summed E-state index contributed by atoms with van der Waals surface area (Å²) in [6.07, 6.45) is -2.64. The van der Waals surface area contributed by atoms with Crippen molar-refractivity contribution in [3.05, 3.63) is 39.9 Å². The van der Waals surface area contributed by atoms with Crippen molar-refractivity contribution < 1.29 is 15.1 Å². The van der Waals surface area contributed by atoms with Gasteiger partial charge in [-0.2, -0.15) is 0 Å². The van der Waals surface area contributed by atoms with Crippen LogP contribution >= 0.6 is 50.7 Å². The zero-order chi connectivity index (χ0) is 14.8. The molecule has 3 atom stereocenters. The van der Waals surface area contributed by atoms with E-state index in [0.29, 0.717) is 5.56 Å². The molecule has 0 spiro atoms. The van der Waals surface area contributed by atoms with Crippen LogP contribution in [0.15, 0.2) is 24.3 Å². The number of nitrogens with zero attached hydrogens (tertiary/aromatic N) is 1. The summed E-state index contributed by atoms with van der Waals surface area (Å²) in [6, 6.07) is 5.20. The Kier molecular flexibility index (Phi) is 5.85. The number of halogens is 4. The van der Waals surface area contributed by atoms with Crippen molar-refractivity contribution >= 4 is 56.4 Å². The van der Waals surface area contributed by atoms with E-state index in [9.17, 15) is 20.3 Å². The Morgan fingerprint density at radius 3 is 2.05 bits per heavy atom. The zero-order valence-corrected chi connectivity index (χ0v) is 13.1. The molecule has 1 aromatic carbocycles. The molecule has 0 aliphatic carbocycles. The molecule has 5 nitrogen and oxygen atoms in total. The maximum atomic E-state index is 10.5. The predicted molar refractivity (Wildman–Crippen MR) is 77.1 cm³/mol. The normalized spacial score (nSPS) is 16.7. The van der Waals surface area contributed by atoms with Crippen LogP contribution in [0.2, 0.25) is 0 Å². The number of nitro groups is 1. The Balaban J connectivity index is 2.88. The molecule has 1 rings (SSSR count). The van der Waals surface area contributed by atoms with Gasteiger partial charge in [-0.05, 0) is 17.7 Å². The van der Waals surface area contributed by atoms with Crippen LogP contribution in [-0.2, 0) is 0 Å². The van der Waals surface area contributed by atoms with Crippen molar-refractivity contribution in [2.45, 2.75) is 20.8 Å². The fourth-order valence-electron chi connectivity index (χ4n) is 1.33. The average molecular weight is 393 g/mol. The summed E-state index contributed by atoms with van der Waals surface area (Å²) in [5.74, 6) is 0. The fraction of sp³-hybridized carbons (Fsp3) is 0.400. The lowest BCUT2D eigenvalue weighted by Gasteiger charge is -2.27. The SMILES string of the molecule is O=[N+]([O-])c1ccc(C(O)C(Br)C(O)C(Cl)(Cl)Cl)cc1. The van der Waals surface area contributed by atoms with Crippen molar-refractivity contribution in [3.63, 3.8) is 0 Å². The van der Waals surface area contributed by atoms with E-state index in [2.05, 4.69) is 15.9 Å². The fourth-order valence-corrected chi connectivity index (χ4v) is 2.90. The van der Waals surface area contributed by atoms with E-state index in [4.69, 9.17) is 34.8 Å². The first-order chi connectivity index (χ1) is 8.64. The van der Waals surface area contributed by atoms with Gasteiger partial charge in [0.05, 0.1) is 15.9 Å². The summed E-state index contributed by atoms with van der Waals surface area (Å²) in [5.41, 5.74) is 0.241. The molecule has 9 heteroatoms. The molecule has 2 N–H and O–H groups in total. The number of aliphatic hydroxyl groups is 2. The Bertz CT molecular complexity index is 451. The summed E-state index contributed by atoms with van der Waals surface area (Å²) in [4.78, 5) is 9.00. The van der Waals surface area contributed by atoms with E-state index in [1.807, 2.05) is 0 Å². The number of alkyl halides is 4. The minimum Gasteiger partial charge on any atom is -0.387 e. The monoisotopic (exact) mass is 391 g/mol. The van der Waals surface area contributed by atoms with Crippen LogP contribution in [0.1, 0.15) is 11.7 Å². The first-order valence-electron chi connectivity index (χ1n) is 4.96. The van der Waals surface area contributed by atoms with E-state index < -0.39 is 25.8 Å². The number of hydrogen-bond donors (Lipinski definition) is 2. The molecular weight excluding hydrogens is 384 g/mol. The van der Waals surface area contributed by atoms with Crippen LogP contribution in [0.4, 0.5) is 5.69 Å². The van der Waals surface area contributed by atoms with E-state index in [1.165, 1.54) is 24.3 Å². The molecule has 0 amide bonds. The highest BCUT2D eigenvalue weighted by Gasteiger charge is 2.39. The minimum absolute atomic E-state index is 0.107. The first-order valence-corrected chi connectivity index (χ1v) is 7.01. The molecule has 0 aliphatic rings. The van der Waals surface area contributed by atoms with E-state index in [1.54, 1.807) is 0 Å². The van der Waals surface area contributed by atoms with Crippen molar-refractivity contribution in [1.82, 2.24) is 0 Å². The highest BCUT2D eigenvalue weighted by atomic mass is 79.9. The summed E-state index contributed by atoms with van der Waals surface area (Å²) >= 11 is 19.6. The van der Waals surface area contributed by atoms with Gasteiger partial charge in [-0.15, -0.1) is 0 Å². The third kappa shape index (κ3) is 4.44. The zero-order valence-electron chi connectivity index (χ0n) is 9.21. The van der Waals surface area contributed by atoms with Crippen molar-refractivity contribution in [3.8, 4) is 0 Å². The molecule has 0 heterocycles. The largest absolute Gasteiger partial charge is 0.387 e. The lowest BCUT2D eigenvalue weighted by atomic mass is 10.0. The Morgan fingerprint density at radius 2 is 1.68 bits per heavy atom. The first kappa shape index (κ1) is 16.9. The number of aliphatic hydroxyl groups excluding tert-OH is 2. The molecule has 0 aromatic heterocycles. The van der Waals surface area contributed by atoms with Gasteiger partial charge in [-0.25, -0.2) is 0 Å². The topological polar surface area (TPSA) is 83.6 Å². The van der Waals surface area contributed by atoms with Gasteiger partial charge in [0.2, 0.25) is 3.79 Å². The molecule has 0 saturated carbocycles. The van der Waals surface area contributed by atoms with Crippen molar-refractivity contribution in [1.29, 1.82) is 0 Å². The molecule has 0 saturated heterocycles. The van der Waals surface area contributed by atoms with Gasteiger partial charge >= 0.3 is 0 Å². The lowest BCUT2D eigenvalue weighted by Crippen LogP contribution is -2.37. The van der Waals surface area contributed by atoms with Crippen LogP contribution in [0.5, 0.6) is 0 Å². The van der Waals surface area contributed by atoms with Gasteiger partial charge < -0.3 is 10.2 Å². The van der Waals surface area contributed by atoms with Crippen LogP contribution in [0.3, 0.4) is 0 Å². The van der Waals surface area contributed by atoms with Gasteiger partial charge in [0, 0.05) is 12.1 Å². The van der Waals surface area contributed by atoms with Crippen LogP contribution < -0.4 is 0 Å². The summed E-state index contributed by atoms with van der Waals surface area (Å²) in [7, 11) is 0. The van der Waals surface area contributed by atoms with Gasteiger partial charge in [0.1, 0.15) is 6.10 Å². The van der Waals surface area contributed by atoms with Crippen LogP contribution in [0, 0.1) is 10.1 Å². The summed E-state index contributed by atoms with van der Waals surface area (Å²) in [5, 5.41) is 30.2. The molecule has 0 radical (unpaired) electrons. The highest BCUT2D eigenvalue weighted by Crippen LogP contribution is 2.38. The second-order valence-corrected chi connectivity index (χ2v) is 7.15. The number of hydrogen-bond acceptors (Lipinski definition) is 4. The summed E-state index contributed by atoms with van der Waals surface area (Å²) in [6.45, 7) is 0. The third-order valence-electron chi connectivity index (χ3n) is 2.38. The molecule has 3 unspecified atom stereocenters. The average Bonchev–Trinajstić information content (AvgIpc) is 2.35. The maximum absolute atomic E-state index is 10.5. The Hall–Kier alpha value is -0.110. The van der Waals surface area contributed by atoms with E-state index in [0.717, 1.165) is 0 Å². The van der Waals surface area contributed by atoms with Gasteiger partial charge in [-0.1, -0.05) is 50.7 Å². The van der Waals surface area contributed by atoms with Crippen molar-refractivity contribution in [2.24, 2.45) is 0 Å². The second-order valence-electron chi connectivity index (χ2n) is 3.72. The molecule has 0 fully saturated rings. The Labute approximate surface area is 132 Å². The third-order valence-corrected chi connectivity index (χ3v) is 4.06. The number of benzene rings is 1. The van der Waals surface area contributed by atoms with Crippen LogP contribution in [0.25, 0.3) is 0 Å². The van der Waals surface area contributed by atoms with Crippen LogP contribution in [-0.4, -0.2) is 29.9 Å². The standard InChI is InChI=1S/C10H9BrCl3NO4/c11-7(9(17)10(12,13)14)8(16)5-1-3-6(4-2-5)15(18)19/h1-4,7-9,16-17H. The molecule has 0 aliphatic heterocycles. The minimum atomic E-state index is -1.96. The van der Waals surface area contributed by atoms with Crippen molar-refractivity contribution in [2.75, 3.05) is 0 Å². The Morgan fingerprint density at radius 1 is 1.21 bits per heavy atom. The molecule has 19 heavy (non-hydrogen) atoms. The molecule has 1 aromatic rings. The number of nitro benzene ring substituents is 1. The number of rotatable bonds is 4. The van der Waals surface area contributed by atoms with E-state index >= 15 is 0 Å². The predicted octanol–water partition coefficient (Wildman–Crippen LogP) is 3.12. The molecular formula is C10H9BrCl3NO4. The van der Waals surface area contributed by atoms with Gasteiger partial charge in [0.25, 0.3) is 5.69 Å². The second kappa shape index (κ2) is 6.56. The quantitative estimate of drug-likeness (QED) is 0.468. The maximum Gasteiger partial charge on any atom is 0.269 e. The smallest absolute Gasteiger partial charge is 0.269 e. The van der Waals surface area contributed by atoms with E-state index in [-0.39, 0.29) is 5.69 Å². The highest BCUT2D eigenvalue weighted by molar-refractivity contribution is 9.09. The summed E-state index contributed by atoms with van der Waals surface area (Å²) < 4.78 is -1.96.